The smallest absolute Gasteiger partial charge is 0.209 e. The van der Waals surface area contributed by atoms with Gasteiger partial charge in [0.05, 0.1) is 19.3 Å². The molecule has 0 saturated carbocycles. The van der Waals surface area contributed by atoms with E-state index in [0.29, 0.717) is 6.54 Å². The van der Waals surface area contributed by atoms with Crippen LogP contribution in [-0.4, -0.2) is 38.2 Å². The molecular weight excluding hydrogens is 326 g/mol. The Morgan fingerprint density at radius 2 is 2.00 bits per heavy atom. The van der Waals surface area contributed by atoms with Crippen LogP contribution in [0.5, 0.6) is 5.75 Å². The molecule has 0 aliphatic rings. The molecule has 0 spiro atoms. The molecule has 24 heavy (non-hydrogen) atoms. The van der Waals surface area contributed by atoms with Gasteiger partial charge in [0.15, 0.2) is 0 Å². The molecule has 0 atom stereocenters. The number of tetrazole rings is 1. The Labute approximate surface area is 144 Å². The second kappa shape index (κ2) is 7.48. The summed E-state index contributed by atoms with van der Waals surface area (Å²) in [5.41, 5.74) is 3.23. The number of ether oxygens (including phenoxy) is 1. The predicted molar refractivity (Wildman–Crippen MR) is 90.3 cm³/mol. The van der Waals surface area contributed by atoms with Crippen molar-refractivity contribution < 1.29 is 9.26 Å². The summed E-state index contributed by atoms with van der Waals surface area (Å²) in [6.07, 6.45) is 0.876. The Bertz CT molecular complexity index is 778. The van der Waals surface area contributed by atoms with E-state index in [4.69, 9.17) is 9.26 Å². The fourth-order valence-corrected chi connectivity index (χ4v) is 3.24. The lowest BCUT2D eigenvalue weighted by atomic mass is 10.1. The Balaban J connectivity index is 1.60. The molecule has 2 heterocycles. The van der Waals surface area contributed by atoms with Crippen LogP contribution in [0.2, 0.25) is 0 Å². The molecule has 0 unspecified atom stereocenters. The number of hydrogen-bond acceptors (Lipinski definition) is 7. The minimum Gasteiger partial charge on any atom is -0.497 e. The van der Waals surface area contributed by atoms with Crippen LogP contribution >= 0.6 is 11.8 Å². The van der Waals surface area contributed by atoms with Crippen molar-refractivity contribution in [2.45, 2.75) is 32.0 Å². The fraction of sp³-hybridized carbons (Fsp3) is 0.375. The quantitative estimate of drug-likeness (QED) is 0.609. The summed E-state index contributed by atoms with van der Waals surface area (Å²) in [5, 5.41) is 16.8. The summed E-state index contributed by atoms with van der Waals surface area (Å²) >= 11 is 1.63. The van der Waals surface area contributed by atoms with Gasteiger partial charge in [0.2, 0.25) is 5.16 Å². The summed E-state index contributed by atoms with van der Waals surface area (Å²) in [6.45, 7) is 4.53. The van der Waals surface area contributed by atoms with Crippen LogP contribution < -0.4 is 4.74 Å². The molecule has 3 rings (SSSR count). The average molecular weight is 345 g/mol. The zero-order valence-electron chi connectivity index (χ0n) is 13.9. The van der Waals surface area contributed by atoms with Crippen molar-refractivity contribution in [1.29, 1.82) is 0 Å². The second-order valence-electron chi connectivity index (χ2n) is 5.37. The van der Waals surface area contributed by atoms with Crippen LogP contribution in [0.3, 0.4) is 0 Å². The topological polar surface area (TPSA) is 78.9 Å². The van der Waals surface area contributed by atoms with E-state index >= 15 is 0 Å². The first-order valence-corrected chi connectivity index (χ1v) is 8.59. The molecule has 3 aromatic rings. The van der Waals surface area contributed by atoms with E-state index in [-0.39, 0.29) is 0 Å². The van der Waals surface area contributed by atoms with E-state index < -0.39 is 0 Å². The standard InChI is InChI=1S/C16H19N5O2S/c1-11-15(12(2)23-18-11)8-9-24-16-17-19-20-21(16)10-13-4-6-14(22-3)7-5-13/h4-7H,8-10H2,1-3H3. The van der Waals surface area contributed by atoms with E-state index in [1.54, 1.807) is 23.6 Å². The number of thioether (sulfide) groups is 1. The van der Waals surface area contributed by atoms with Gasteiger partial charge in [0, 0.05) is 11.3 Å². The molecule has 0 amide bonds. The highest BCUT2D eigenvalue weighted by molar-refractivity contribution is 7.99. The number of methoxy groups -OCH3 is 1. The van der Waals surface area contributed by atoms with E-state index in [1.165, 1.54) is 0 Å². The van der Waals surface area contributed by atoms with Gasteiger partial charge in [-0.25, -0.2) is 4.68 Å². The van der Waals surface area contributed by atoms with Crippen LogP contribution in [0, 0.1) is 13.8 Å². The van der Waals surface area contributed by atoms with Gasteiger partial charge >= 0.3 is 0 Å². The molecule has 0 aliphatic heterocycles. The molecule has 0 bridgehead atoms. The first-order valence-electron chi connectivity index (χ1n) is 7.61. The molecule has 126 valence electrons. The molecule has 0 radical (unpaired) electrons. The van der Waals surface area contributed by atoms with Gasteiger partial charge < -0.3 is 9.26 Å². The third-order valence-electron chi connectivity index (χ3n) is 3.75. The Morgan fingerprint density at radius 1 is 1.21 bits per heavy atom. The minimum atomic E-state index is 0.630. The maximum absolute atomic E-state index is 5.19. The highest BCUT2D eigenvalue weighted by Crippen LogP contribution is 2.20. The highest BCUT2D eigenvalue weighted by Gasteiger charge is 2.11. The molecule has 0 aliphatic carbocycles. The summed E-state index contributed by atoms with van der Waals surface area (Å²) in [6, 6.07) is 7.89. The van der Waals surface area contributed by atoms with Crippen LogP contribution in [0.25, 0.3) is 0 Å². The normalized spacial score (nSPS) is 11.0. The summed E-state index contributed by atoms with van der Waals surface area (Å²) in [5.74, 6) is 2.58. The highest BCUT2D eigenvalue weighted by atomic mass is 32.2. The monoisotopic (exact) mass is 345 g/mol. The van der Waals surface area contributed by atoms with E-state index in [2.05, 4.69) is 20.7 Å². The molecule has 7 nitrogen and oxygen atoms in total. The lowest BCUT2D eigenvalue weighted by Gasteiger charge is -2.06. The molecule has 1 aromatic carbocycles. The van der Waals surface area contributed by atoms with Crippen molar-refractivity contribution in [2.75, 3.05) is 12.9 Å². The molecule has 0 saturated heterocycles. The van der Waals surface area contributed by atoms with E-state index in [9.17, 15) is 0 Å². The van der Waals surface area contributed by atoms with E-state index in [0.717, 1.165) is 45.7 Å². The van der Waals surface area contributed by atoms with Crippen LogP contribution in [0.1, 0.15) is 22.6 Å². The number of hydrogen-bond donors (Lipinski definition) is 0. The number of aryl methyl sites for hydroxylation is 2. The van der Waals surface area contributed by atoms with Gasteiger partial charge in [-0.2, -0.15) is 0 Å². The number of aromatic nitrogens is 5. The minimum absolute atomic E-state index is 0.630. The number of benzene rings is 1. The Morgan fingerprint density at radius 3 is 2.67 bits per heavy atom. The molecule has 0 N–H and O–H groups in total. The van der Waals surface area contributed by atoms with Gasteiger partial charge in [-0.1, -0.05) is 29.1 Å². The van der Waals surface area contributed by atoms with Crippen molar-refractivity contribution in [3.05, 3.63) is 46.8 Å². The number of nitrogens with zero attached hydrogens (tertiary/aromatic N) is 5. The second-order valence-corrected chi connectivity index (χ2v) is 6.43. The van der Waals surface area contributed by atoms with Crippen LogP contribution in [0.15, 0.2) is 33.9 Å². The maximum Gasteiger partial charge on any atom is 0.209 e. The molecule has 8 heteroatoms. The zero-order chi connectivity index (χ0) is 16.9. The molecular formula is C16H19N5O2S. The van der Waals surface area contributed by atoms with E-state index in [1.807, 2.05) is 38.1 Å². The molecule has 0 fully saturated rings. The van der Waals surface area contributed by atoms with Crippen molar-refractivity contribution in [3.63, 3.8) is 0 Å². The van der Waals surface area contributed by atoms with Gasteiger partial charge in [-0.3, -0.25) is 0 Å². The first-order chi connectivity index (χ1) is 11.7. The van der Waals surface area contributed by atoms with Gasteiger partial charge in [-0.15, -0.1) is 5.10 Å². The fourth-order valence-electron chi connectivity index (χ4n) is 2.41. The lowest BCUT2D eigenvalue weighted by Crippen LogP contribution is -2.04. The average Bonchev–Trinajstić information content (AvgIpc) is 3.16. The SMILES string of the molecule is COc1ccc(Cn2nnnc2SCCc2c(C)noc2C)cc1. The first kappa shape index (κ1) is 16.5. The summed E-state index contributed by atoms with van der Waals surface area (Å²) in [7, 11) is 1.66. The van der Waals surface area contributed by atoms with Crippen molar-refractivity contribution in [1.82, 2.24) is 25.4 Å². The zero-order valence-corrected chi connectivity index (χ0v) is 14.7. The Kier molecular flexibility index (Phi) is 5.14. The van der Waals surface area contributed by atoms with Crippen LogP contribution in [-0.2, 0) is 13.0 Å². The van der Waals surface area contributed by atoms with Gasteiger partial charge in [0.25, 0.3) is 0 Å². The van der Waals surface area contributed by atoms with Gasteiger partial charge in [-0.05, 0) is 48.4 Å². The van der Waals surface area contributed by atoms with Gasteiger partial charge in [0.1, 0.15) is 11.5 Å². The van der Waals surface area contributed by atoms with Crippen molar-refractivity contribution in [2.24, 2.45) is 0 Å². The Hall–Kier alpha value is -2.35. The number of rotatable bonds is 7. The van der Waals surface area contributed by atoms with Crippen molar-refractivity contribution in [3.8, 4) is 5.75 Å². The third-order valence-corrected chi connectivity index (χ3v) is 4.71. The van der Waals surface area contributed by atoms with Crippen molar-refractivity contribution >= 4 is 11.8 Å². The summed E-state index contributed by atoms with van der Waals surface area (Å²) < 4.78 is 12.2. The lowest BCUT2D eigenvalue weighted by molar-refractivity contribution is 0.392. The predicted octanol–water partition coefficient (Wildman–Crippen LogP) is 2.67. The maximum atomic E-state index is 5.19. The largest absolute Gasteiger partial charge is 0.497 e. The molecule has 2 aromatic heterocycles. The van der Waals surface area contributed by atoms with Crippen LogP contribution in [0.4, 0.5) is 0 Å². The summed E-state index contributed by atoms with van der Waals surface area (Å²) in [4.78, 5) is 0. The third kappa shape index (κ3) is 3.76.